The van der Waals surface area contributed by atoms with Crippen LogP contribution in [0.15, 0.2) is 83.8 Å². The number of hydrazine groups is 1. The third kappa shape index (κ3) is 4.53. The number of aromatic nitrogens is 2. The van der Waals surface area contributed by atoms with E-state index in [4.69, 9.17) is 9.97 Å². The number of hydrogen-bond donors (Lipinski definition) is 2. The molecule has 0 aliphatic carbocycles. The summed E-state index contributed by atoms with van der Waals surface area (Å²) in [5.41, 5.74) is 10.2. The summed E-state index contributed by atoms with van der Waals surface area (Å²) in [5.74, 6) is 0.559. The van der Waals surface area contributed by atoms with E-state index in [1.165, 1.54) is 0 Å². The van der Waals surface area contributed by atoms with Crippen LogP contribution < -0.4 is 10.9 Å². The minimum atomic E-state index is -3.48. The lowest BCUT2D eigenvalue weighted by Gasteiger charge is -2.25. The number of rotatable bonds is 6. The van der Waals surface area contributed by atoms with Gasteiger partial charge >= 0.3 is 0 Å². The molecule has 168 valence electrons. The van der Waals surface area contributed by atoms with E-state index in [9.17, 15) is 8.42 Å². The summed E-state index contributed by atoms with van der Waals surface area (Å²) in [7, 11) is -3.48. The molecule has 0 bridgehead atoms. The summed E-state index contributed by atoms with van der Waals surface area (Å²) in [6.07, 6.45) is 2.90. The summed E-state index contributed by atoms with van der Waals surface area (Å²) >= 11 is 0. The van der Waals surface area contributed by atoms with E-state index in [1.54, 1.807) is 28.6 Å². The van der Waals surface area contributed by atoms with E-state index >= 15 is 0 Å². The Hall–Kier alpha value is -3.49. The largest absolute Gasteiger partial charge is 0.300 e. The van der Waals surface area contributed by atoms with E-state index in [2.05, 4.69) is 10.9 Å². The predicted octanol–water partition coefficient (Wildman–Crippen LogP) is 4.91. The highest BCUT2D eigenvalue weighted by atomic mass is 32.2. The van der Waals surface area contributed by atoms with Crippen molar-refractivity contribution in [3.63, 3.8) is 0 Å². The van der Waals surface area contributed by atoms with Crippen LogP contribution in [0.25, 0.3) is 22.3 Å². The van der Waals surface area contributed by atoms with E-state index in [1.807, 2.05) is 54.6 Å². The number of benzene rings is 3. The minimum Gasteiger partial charge on any atom is -0.300 e. The van der Waals surface area contributed by atoms with Crippen molar-refractivity contribution in [2.24, 2.45) is 0 Å². The molecule has 7 nitrogen and oxygen atoms in total. The number of sulfonamides is 1. The standard InChI is InChI=1S/C25H25N5O2S/c31-33(32,30-17-7-2-8-18-30)21-15-13-19(14-16-21)24-25(29-28-20-9-3-1-4-10-20)27-23-12-6-5-11-22(23)26-24/h1,3-6,9-16,28H,2,7-8,17-18H2,(H,27,29). The number of para-hydroxylation sites is 3. The lowest BCUT2D eigenvalue weighted by molar-refractivity contribution is 0.346. The lowest BCUT2D eigenvalue weighted by atomic mass is 10.1. The van der Waals surface area contributed by atoms with E-state index < -0.39 is 10.0 Å². The Labute approximate surface area is 193 Å². The molecule has 0 atom stereocenters. The Bertz CT molecular complexity index is 1350. The van der Waals surface area contributed by atoms with Gasteiger partial charge in [-0.2, -0.15) is 4.31 Å². The summed E-state index contributed by atoms with van der Waals surface area (Å²) in [6.45, 7) is 1.17. The molecule has 3 aromatic carbocycles. The molecule has 4 aromatic rings. The van der Waals surface area contributed by atoms with Crippen molar-refractivity contribution in [2.75, 3.05) is 23.9 Å². The Morgan fingerprint density at radius 1 is 0.697 bits per heavy atom. The number of anilines is 2. The lowest BCUT2D eigenvalue weighted by Crippen LogP contribution is -2.35. The third-order valence-electron chi connectivity index (χ3n) is 5.75. The fourth-order valence-corrected chi connectivity index (χ4v) is 5.50. The van der Waals surface area contributed by atoms with Crippen LogP contribution in [0.5, 0.6) is 0 Å². The average molecular weight is 460 g/mol. The van der Waals surface area contributed by atoms with Crippen LogP contribution in [0.3, 0.4) is 0 Å². The molecule has 1 aliphatic rings. The second-order valence-corrected chi connectivity index (χ2v) is 9.95. The van der Waals surface area contributed by atoms with Crippen LogP contribution >= 0.6 is 0 Å². The van der Waals surface area contributed by atoms with Gasteiger partial charge in [0.2, 0.25) is 10.0 Å². The minimum absolute atomic E-state index is 0.304. The molecular weight excluding hydrogens is 434 g/mol. The molecule has 2 heterocycles. The molecule has 1 aliphatic heterocycles. The summed E-state index contributed by atoms with van der Waals surface area (Å²) in [5, 5.41) is 0. The van der Waals surface area contributed by atoms with Gasteiger partial charge in [0.25, 0.3) is 0 Å². The SMILES string of the molecule is O=S(=O)(c1ccc(-c2nc3ccccc3nc2NNc2ccccc2)cc1)N1CCCCC1. The first-order valence-electron chi connectivity index (χ1n) is 11.1. The number of fused-ring (bicyclic) bond motifs is 1. The van der Waals surface area contributed by atoms with Crippen LogP contribution in [0.4, 0.5) is 11.5 Å². The van der Waals surface area contributed by atoms with E-state index in [0.717, 1.165) is 41.5 Å². The van der Waals surface area contributed by atoms with Gasteiger partial charge in [0, 0.05) is 18.7 Å². The van der Waals surface area contributed by atoms with Gasteiger partial charge in [0.1, 0.15) is 5.69 Å². The van der Waals surface area contributed by atoms with Gasteiger partial charge in [-0.05, 0) is 49.2 Å². The van der Waals surface area contributed by atoms with Gasteiger partial charge in [-0.25, -0.2) is 18.4 Å². The Balaban J connectivity index is 1.49. The fourth-order valence-electron chi connectivity index (χ4n) is 3.98. The number of nitrogens with one attached hydrogen (secondary N) is 2. The zero-order valence-electron chi connectivity index (χ0n) is 18.1. The van der Waals surface area contributed by atoms with Crippen LogP contribution in [0, 0.1) is 0 Å². The van der Waals surface area contributed by atoms with Gasteiger partial charge in [0.15, 0.2) is 5.82 Å². The molecule has 0 radical (unpaired) electrons. The van der Waals surface area contributed by atoms with Crippen LogP contribution in [-0.4, -0.2) is 35.8 Å². The highest BCUT2D eigenvalue weighted by molar-refractivity contribution is 7.89. The first-order valence-corrected chi connectivity index (χ1v) is 12.5. The summed E-state index contributed by atoms with van der Waals surface area (Å²) in [4.78, 5) is 9.87. The van der Waals surface area contributed by atoms with Gasteiger partial charge < -0.3 is 0 Å². The maximum atomic E-state index is 13.0. The molecule has 1 fully saturated rings. The zero-order valence-corrected chi connectivity index (χ0v) is 18.9. The zero-order chi connectivity index (χ0) is 22.7. The Morgan fingerprint density at radius 3 is 2.03 bits per heavy atom. The number of nitrogens with zero attached hydrogens (tertiary/aromatic N) is 3. The van der Waals surface area contributed by atoms with Crippen LogP contribution in [-0.2, 0) is 10.0 Å². The van der Waals surface area contributed by atoms with Crippen molar-refractivity contribution >= 4 is 32.6 Å². The highest BCUT2D eigenvalue weighted by Gasteiger charge is 2.26. The maximum absolute atomic E-state index is 13.0. The smallest absolute Gasteiger partial charge is 0.243 e. The van der Waals surface area contributed by atoms with Crippen molar-refractivity contribution in [3.05, 3.63) is 78.9 Å². The molecule has 0 saturated carbocycles. The van der Waals surface area contributed by atoms with Gasteiger partial charge in [-0.3, -0.25) is 10.9 Å². The van der Waals surface area contributed by atoms with Gasteiger partial charge in [0.05, 0.1) is 21.6 Å². The topological polar surface area (TPSA) is 87.2 Å². The van der Waals surface area contributed by atoms with Crippen LogP contribution in [0.1, 0.15) is 19.3 Å². The maximum Gasteiger partial charge on any atom is 0.243 e. The Morgan fingerprint density at radius 2 is 1.33 bits per heavy atom. The molecule has 0 unspecified atom stereocenters. The first-order chi connectivity index (χ1) is 16.1. The van der Waals surface area contributed by atoms with Crippen molar-refractivity contribution in [1.29, 1.82) is 0 Å². The van der Waals surface area contributed by atoms with Crippen molar-refractivity contribution in [3.8, 4) is 11.3 Å². The van der Waals surface area contributed by atoms with Gasteiger partial charge in [-0.15, -0.1) is 0 Å². The second kappa shape index (κ2) is 9.17. The normalized spacial score (nSPS) is 14.8. The average Bonchev–Trinajstić information content (AvgIpc) is 2.88. The highest BCUT2D eigenvalue weighted by Crippen LogP contribution is 2.29. The summed E-state index contributed by atoms with van der Waals surface area (Å²) in [6, 6.07) is 24.3. The monoisotopic (exact) mass is 459 g/mol. The van der Waals surface area contributed by atoms with Crippen LogP contribution in [0.2, 0.25) is 0 Å². The molecule has 8 heteroatoms. The van der Waals surface area contributed by atoms with E-state index in [-0.39, 0.29) is 0 Å². The van der Waals surface area contributed by atoms with E-state index in [0.29, 0.717) is 29.5 Å². The predicted molar refractivity (Wildman–Crippen MR) is 131 cm³/mol. The molecule has 0 amide bonds. The second-order valence-electron chi connectivity index (χ2n) is 8.01. The Kier molecular flexibility index (Phi) is 5.93. The molecule has 1 saturated heterocycles. The van der Waals surface area contributed by atoms with Crippen molar-refractivity contribution in [1.82, 2.24) is 14.3 Å². The molecule has 1 aromatic heterocycles. The third-order valence-corrected chi connectivity index (χ3v) is 7.66. The summed E-state index contributed by atoms with van der Waals surface area (Å²) < 4.78 is 27.6. The first kappa shape index (κ1) is 21.4. The molecule has 2 N–H and O–H groups in total. The molecule has 33 heavy (non-hydrogen) atoms. The molecule has 5 rings (SSSR count). The fraction of sp³-hybridized carbons (Fsp3) is 0.200. The van der Waals surface area contributed by atoms with Crippen molar-refractivity contribution in [2.45, 2.75) is 24.2 Å². The molecule has 0 spiro atoms. The van der Waals surface area contributed by atoms with Crippen molar-refractivity contribution < 1.29 is 8.42 Å². The quantitative estimate of drug-likeness (QED) is 0.399. The number of hydrogen-bond acceptors (Lipinski definition) is 6. The molecular formula is C25H25N5O2S. The number of piperidine rings is 1. The van der Waals surface area contributed by atoms with Gasteiger partial charge in [-0.1, -0.05) is 48.9 Å².